The van der Waals surface area contributed by atoms with Crippen molar-refractivity contribution < 1.29 is 18.3 Å². The molecule has 0 spiro atoms. The van der Waals surface area contributed by atoms with Crippen LogP contribution in [0.4, 0.5) is 13.2 Å². The molecule has 0 amide bonds. The van der Waals surface area contributed by atoms with Crippen molar-refractivity contribution in [2.75, 3.05) is 32.8 Å². The quantitative estimate of drug-likeness (QED) is 0.894. The molecule has 21 heavy (non-hydrogen) atoms. The normalized spacial score (nSPS) is 18.7. The fourth-order valence-corrected chi connectivity index (χ4v) is 2.89. The van der Waals surface area contributed by atoms with E-state index in [0.29, 0.717) is 13.1 Å². The van der Waals surface area contributed by atoms with E-state index < -0.39 is 17.8 Å². The van der Waals surface area contributed by atoms with Gasteiger partial charge in [0.25, 0.3) is 0 Å². The summed E-state index contributed by atoms with van der Waals surface area (Å²) < 4.78 is 39.7. The van der Waals surface area contributed by atoms with E-state index in [4.69, 9.17) is 11.6 Å². The number of halogens is 4. The summed E-state index contributed by atoms with van der Waals surface area (Å²) in [6, 6.07) is 3.40. The van der Waals surface area contributed by atoms with E-state index in [1.54, 1.807) is 0 Å². The highest BCUT2D eigenvalue weighted by atomic mass is 35.5. The third kappa shape index (κ3) is 4.10. The summed E-state index contributed by atoms with van der Waals surface area (Å²) in [6.45, 7) is 2.62. The number of aliphatic hydroxyl groups is 1. The number of hydrogen-bond acceptors (Lipinski definition) is 3. The molecule has 1 saturated heterocycles. The van der Waals surface area contributed by atoms with E-state index in [1.165, 1.54) is 12.1 Å². The molecule has 1 aliphatic heterocycles. The Bertz CT molecular complexity index is 476. The predicted molar refractivity (Wildman–Crippen MR) is 75.3 cm³/mol. The Morgan fingerprint density at radius 1 is 1.29 bits per heavy atom. The first-order valence-corrected chi connectivity index (χ1v) is 7.23. The maximum Gasteiger partial charge on any atom is 0.416 e. The van der Waals surface area contributed by atoms with Crippen LogP contribution in [0, 0.1) is 0 Å². The molecule has 1 fully saturated rings. The van der Waals surface area contributed by atoms with Crippen molar-refractivity contribution in [2.24, 2.45) is 0 Å². The van der Waals surface area contributed by atoms with Crippen LogP contribution < -0.4 is 5.32 Å². The highest BCUT2D eigenvalue weighted by Gasteiger charge is 2.36. The van der Waals surface area contributed by atoms with E-state index in [1.807, 2.05) is 4.90 Å². The average molecular weight is 323 g/mol. The van der Waals surface area contributed by atoms with Crippen LogP contribution in [-0.4, -0.2) is 42.8 Å². The largest absolute Gasteiger partial charge is 0.416 e. The topological polar surface area (TPSA) is 35.5 Å². The number of rotatable bonds is 4. The van der Waals surface area contributed by atoms with Crippen LogP contribution in [0.1, 0.15) is 23.6 Å². The number of nitrogens with one attached hydrogen (secondary N) is 1. The van der Waals surface area contributed by atoms with Crippen molar-refractivity contribution in [2.45, 2.75) is 18.6 Å². The molecule has 0 aromatic heterocycles. The molecule has 118 valence electrons. The molecule has 0 aliphatic carbocycles. The zero-order valence-corrected chi connectivity index (χ0v) is 12.2. The van der Waals surface area contributed by atoms with Gasteiger partial charge in [0.15, 0.2) is 0 Å². The van der Waals surface area contributed by atoms with E-state index in [2.05, 4.69) is 5.32 Å². The number of benzene rings is 1. The minimum absolute atomic E-state index is 0.0640. The smallest absolute Gasteiger partial charge is 0.396 e. The molecule has 7 heteroatoms. The SMILES string of the molecule is OCC[C@@H](c1ccc(Cl)cc1C(F)(F)F)N1CCNCC1. The molecular weight excluding hydrogens is 305 g/mol. The van der Waals surface area contributed by atoms with Gasteiger partial charge in [0, 0.05) is 43.9 Å². The highest BCUT2D eigenvalue weighted by Crippen LogP contribution is 2.38. The van der Waals surface area contributed by atoms with Crippen molar-refractivity contribution in [3.63, 3.8) is 0 Å². The standard InChI is InChI=1S/C14H18ClF3N2O/c15-10-1-2-11(12(9-10)14(16,17)18)13(3-8-21)20-6-4-19-5-7-20/h1-2,9,13,19,21H,3-8H2/t13-/m0/s1. The number of nitrogens with zero attached hydrogens (tertiary/aromatic N) is 1. The maximum absolute atomic E-state index is 13.2. The fourth-order valence-electron chi connectivity index (χ4n) is 2.72. The van der Waals surface area contributed by atoms with Crippen molar-refractivity contribution in [3.05, 3.63) is 34.3 Å². The van der Waals surface area contributed by atoms with Crippen LogP contribution in [-0.2, 0) is 6.18 Å². The molecular formula is C14H18ClF3N2O. The van der Waals surface area contributed by atoms with Gasteiger partial charge in [0.05, 0.1) is 5.56 Å². The van der Waals surface area contributed by atoms with Crippen molar-refractivity contribution in [1.29, 1.82) is 0 Å². The monoisotopic (exact) mass is 322 g/mol. The van der Waals surface area contributed by atoms with Crippen LogP contribution in [0.25, 0.3) is 0 Å². The molecule has 2 rings (SSSR count). The zero-order chi connectivity index (χ0) is 15.5. The first-order valence-electron chi connectivity index (χ1n) is 6.85. The molecule has 1 heterocycles. The van der Waals surface area contributed by atoms with Crippen LogP contribution in [0.15, 0.2) is 18.2 Å². The van der Waals surface area contributed by atoms with E-state index >= 15 is 0 Å². The summed E-state index contributed by atoms with van der Waals surface area (Å²) in [5, 5.41) is 12.5. The minimum Gasteiger partial charge on any atom is -0.396 e. The Morgan fingerprint density at radius 2 is 1.95 bits per heavy atom. The van der Waals surface area contributed by atoms with Crippen molar-refractivity contribution in [3.8, 4) is 0 Å². The summed E-state index contributed by atoms with van der Waals surface area (Å²) in [4.78, 5) is 1.98. The van der Waals surface area contributed by atoms with Gasteiger partial charge in [-0.25, -0.2) is 0 Å². The van der Waals surface area contributed by atoms with Gasteiger partial charge < -0.3 is 10.4 Å². The van der Waals surface area contributed by atoms with Gasteiger partial charge in [0.2, 0.25) is 0 Å². The zero-order valence-electron chi connectivity index (χ0n) is 11.5. The lowest BCUT2D eigenvalue weighted by Gasteiger charge is -2.36. The Balaban J connectivity index is 2.39. The summed E-state index contributed by atoms with van der Waals surface area (Å²) in [5.74, 6) is 0. The minimum atomic E-state index is -4.46. The Kier molecular flexibility index (Phi) is 5.48. The lowest BCUT2D eigenvalue weighted by molar-refractivity contribution is -0.138. The summed E-state index contributed by atoms with van der Waals surface area (Å²) >= 11 is 5.72. The number of hydrogen-bond donors (Lipinski definition) is 2. The molecule has 0 radical (unpaired) electrons. The second kappa shape index (κ2) is 6.96. The average Bonchev–Trinajstić information content (AvgIpc) is 2.45. The number of aliphatic hydroxyl groups excluding tert-OH is 1. The van der Waals surface area contributed by atoms with E-state index in [9.17, 15) is 18.3 Å². The molecule has 0 bridgehead atoms. The lowest BCUT2D eigenvalue weighted by atomic mass is 9.95. The Hall–Kier alpha value is -0.820. The van der Waals surface area contributed by atoms with E-state index in [-0.39, 0.29) is 23.6 Å². The molecule has 3 nitrogen and oxygen atoms in total. The summed E-state index contributed by atoms with van der Waals surface area (Å²) in [7, 11) is 0. The van der Waals surface area contributed by atoms with Gasteiger partial charge in [-0.2, -0.15) is 13.2 Å². The van der Waals surface area contributed by atoms with Gasteiger partial charge in [-0.3, -0.25) is 4.90 Å². The van der Waals surface area contributed by atoms with Crippen LogP contribution in [0.2, 0.25) is 5.02 Å². The molecule has 0 saturated carbocycles. The number of piperazine rings is 1. The predicted octanol–water partition coefficient (Wildman–Crippen LogP) is 2.69. The first-order chi connectivity index (χ1) is 9.93. The number of alkyl halides is 3. The molecule has 2 N–H and O–H groups in total. The third-order valence-corrected chi connectivity index (χ3v) is 3.91. The van der Waals surface area contributed by atoms with E-state index in [0.717, 1.165) is 19.2 Å². The van der Waals surface area contributed by atoms with Crippen molar-refractivity contribution >= 4 is 11.6 Å². The van der Waals surface area contributed by atoms with Gasteiger partial charge in [-0.05, 0) is 24.1 Å². The van der Waals surface area contributed by atoms with Crippen LogP contribution in [0.3, 0.4) is 0 Å². The molecule has 1 aliphatic rings. The second-order valence-corrected chi connectivity index (χ2v) is 5.48. The summed E-state index contributed by atoms with van der Waals surface area (Å²) in [6.07, 6.45) is -4.19. The van der Waals surface area contributed by atoms with Gasteiger partial charge in [0.1, 0.15) is 0 Å². The van der Waals surface area contributed by atoms with Gasteiger partial charge >= 0.3 is 6.18 Å². The maximum atomic E-state index is 13.2. The lowest BCUT2D eigenvalue weighted by Crippen LogP contribution is -2.45. The van der Waals surface area contributed by atoms with Gasteiger partial charge in [-0.15, -0.1) is 0 Å². The fraction of sp³-hybridized carbons (Fsp3) is 0.571. The Morgan fingerprint density at radius 3 is 2.52 bits per heavy atom. The Labute approximate surface area is 126 Å². The molecule has 1 aromatic rings. The molecule has 0 unspecified atom stereocenters. The molecule has 1 aromatic carbocycles. The first kappa shape index (κ1) is 16.5. The molecule has 1 atom stereocenters. The highest BCUT2D eigenvalue weighted by molar-refractivity contribution is 6.30. The second-order valence-electron chi connectivity index (χ2n) is 5.04. The summed E-state index contributed by atoms with van der Waals surface area (Å²) in [5.41, 5.74) is -0.533. The van der Waals surface area contributed by atoms with Crippen LogP contribution in [0.5, 0.6) is 0 Å². The van der Waals surface area contributed by atoms with Crippen molar-refractivity contribution in [1.82, 2.24) is 10.2 Å². The van der Waals surface area contributed by atoms with Crippen LogP contribution >= 0.6 is 11.6 Å². The third-order valence-electron chi connectivity index (χ3n) is 3.67. The van der Waals surface area contributed by atoms with Gasteiger partial charge in [-0.1, -0.05) is 17.7 Å².